The first-order valence-corrected chi connectivity index (χ1v) is 7.33. The lowest BCUT2D eigenvalue weighted by Crippen LogP contribution is -2.28. The van der Waals surface area contributed by atoms with E-state index in [1.165, 1.54) is 17.1 Å². The summed E-state index contributed by atoms with van der Waals surface area (Å²) in [5.41, 5.74) is 4.65. The van der Waals surface area contributed by atoms with E-state index >= 15 is 0 Å². The molecule has 1 aromatic heterocycles. The largest absolute Gasteiger partial charge is 0.362 e. The Hall–Kier alpha value is -1.81. The smallest absolute Gasteiger partial charge is 0.170 e. The monoisotopic (exact) mass is 287 g/mol. The van der Waals surface area contributed by atoms with E-state index in [0.29, 0.717) is 5.11 Å². The lowest BCUT2D eigenvalue weighted by atomic mass is 10.2. The molecule has 4 heteroatoms. The zero-order chi connectivity index (χ0) is 14.5. The van der Waals surface area contributed by atoms with Gasteiger partial charge in [-0.3, -0.25) is 0 Å². The molecular formula is C16H21N3S. The van der Waals surface area contributed by atoms with Crippen LogP contribution in [-0.2, 0) is 0 Å². The highest BCUT2D eigenvalue weighted by Gasteiger charge is 2.04. The average Bonchev–Trinajstić information content (AvgIpc) is 2.77. The second kappa shape index (κ2) is 6.57. The van der Waals surface area contributed by atoms with Crippen LogP contribution in [0.3, 0.4) is 0 Å². The highest BCUT2D eigenvalue weighted by Crippen LogP contribution is 2.18. The lowest BCUT2D eigenvalue weighted by Gasteiger charge is -2.12. The van der Waals surface area contributed by atoms with Gasteiger partial charge in [0.25, 0.3) is 0 Å². The van der Waals surface area contributed by atoms with Crippen molar-refractivity contribution >= 4 is 23.0 Å². The number of hydrogen-bond acceptors (Lipinski definition) is 1. The quantitative estimate of drug-likeness (QED) is 0.838. The number of nitrogens with zero attached hydrogens (tertiary/aromatic N) is 1. The summed E-state index contributed by atoms with van der Waals surface area (Å²) in [7, 11) is 0. The second-order valence-electron chi connectivity index (χ2n) is 4.88. The number of aromatic nitrogens is 1. The van der Waals surface area contributed by atoms with Crippen molar-refractivity contribution < 1.29 is 0 Å². The Labute approximate surface area is 126 Å². The van der Waals surface area contributed by atoms with Crippen molar-refractivity contribution in [2.75, 3.05) is 11.9 Å². The van der Waals surface area contributed by atoms with Crippen LogP contribution in [0.25, 0.3) is 5.69 Å². The molecule has 1 heterocycles. The van der Waals surface area contributed by atoms with Gasteiger partial charge in [0, 0.05) is 29.3 Å². The third-order valence-corrected chi connectivity index (χ3v) is 3.44. The fraction of sp³-hybridized carbons (Fsp3) is 0.312. The molecule has 2 rings (SSSR count). The van der Waals surface area contributed by atoms with E-state index in [-0.39, 0.29) is 0 Å². The highest BCUT2D eigenvalue weighted by molar-refractivity contribution is 7.80. The molecule has 0 unspecified atom stereocenters. The summed E-state index contributed by atoms with van der Waals surface area (Å²) >= 11 is 5.23. The van der Waals surface area contributed by atoms with Crippen molar-refractivity contribution in [1.82, 2.24) is 9.88 Å². The minimum absolute atomic E-state index is 0.674. The van der Waals surface area contributed by atoms with Gasteiger partial charge in [0.15, 0.2) is 5.11 Å². The van der Waals surface area contributed by atoms with E-state index in [4.69, 9.17) is 12.2 Å². The Balaban J connectivity index is 2.09. The van der Waals surface area contributed by atoms with Crippen LogP contribution in [0, 0.1) is 13.8 Å². The van der Waals surface area contributed by atoms with Crippen molar-refractivity contribution in [2.45, 2.75) is 27.2 Å². The van der Waals surface area contributed by atoms with Gasteiger partial charge in [-0.2, -0.15) is 0 Å². The van der Waals surface area contributed by atoms with Crippen molar-refractivity contribution in [1.29, 1.82) is 0 Å². The Morgan fingerprint density at radius 1 is 1.05 bits per heavy atom. The topological polar surface area (TPSA) is 29.0 Å². The Morgan fingerprint density at radius 3 is 2.20 bits per heavy atom. The first kappa shape index (κ1) is 14.6. The van der Waals surface area contributed by atoms with Gasteiger partial charge in [0.2, 0.25) is 0 Å². The van der Waals surface area contributed by atoms with Gasteiger partial charge in [0.1, 0.15) is 0 Å². The average molecular weight is 287 g/mol. The first-order valence-electron chi connectivity index (χ1n) is 6.92. The molecular weight excluding hydrogens is 266 g/mol. The van der Waals surface area contributed by atoms with Gasteiger partial charge < -0.3 is 15.2 Å². The Morgan fingerprint density at radius 2 is 1.65 bits per heavy atom. The van der Waals surface area contributed by atoms with Crippen LogP contribution in [0.1, 0.15) is 24.7 Å². The maximum atomic E-state index is 5.23. The van der Waals surface area contributed by atoms with E-state index < -0.39 is 0 Å². The summed E-state index contributed by atoms with van der Waals surface area (Å²) in [6.07, 6.45) is 1.06. The van der Waals surface area contributed by atoms with Crippen LogP contribution in [0.2, 0.25) is 0 Å². The van der Waals surface area contributed by atoms with Gasteiger partial charge in [-0.1, -0.05) is 6.92 Å². The maximum Gasteiger partial charge on any atom is 0.170 e. The number of benzene rings is 1. The molecule has 0 saturated heterocycles. The van der Waals surface area contributed by atoms with Gasteiger partial charge >= 0.3 is 0 Å². The van der Waals surface area contributed by atoms with Crippen molar-refractivity contribution in [3.63, 3.8) is 0 Å². The Kier molecular flexibility index (Phi) is 4.79. The number of nitrogens with one attached hydrogen (secondary N) is 2. The van der Waals surface area contributed by atoms with E-state index in [1.54, 1.807) is 0 Å². The van der Waals surface area contributed by atoms with E-state index in [0.717, 1.165) is 18.7 Å². The normalized spacial score (nSPS) is 10.3. The number of aryl methyl sites for hydroxylation is 2. The van der Waals surface area contributed by atoms with Crippen molar-refractivity contribution in [3.05, 3.63) is 47.8 Å². The summed E-state index contributed by atoms with van der Waals surface area (Å²) in [6.45, 7) is 7.24. The lowest BCUT2D eigenvalue weighted by molar-refractivity contribution is 0.846. The summed E-state index contributed by atoms with van der Waals surface area (Å²) in [5.74, 6) is 0. The fourth-order valence-electron chi connectivity index (χ4n) is 2.18. The van der Waals surface area contributed by atoms with Gasteiger partial charge in [-0.05, 0) is 68.9 Å². The van der Waals surface area contributed by atoms with Gasteiger partial charge in [-0.15, -0.1) is 0 Å². The number of rotatable bonds is 4. The summed E-state index contributed by atoms with van der Waals surface area (Å²) in [6, 6.07) is 12.6. The molecule has 0 atom stereocenters. The van der Waals surface area contributed by atoms with Crippen molar-refractivity contribution in [2.24, 2.45) is 0 Å². The van der Waals surface area contributed by atoms with Crippen molar-refractivity contribution in [3.8, 4) is 5.69 Å². The third-order valence-electron chi connectivity index (χ3n) is 3.19. The molecule has 0 fully saturated rings. The minimum atomic E-state index is 0.674. The third kappa shape index (κ3) is 3.39. The molecule has 0 aliphatic carbocycles. The summed E-state index contributed by atoms with van der Waals surface area (Å²) in [5, 5.41) is 7.02. The van der Waals surface area contributed by atoms with Gasteiger partial charge in [-0.25, -0.2) is 0 Å². The first-order chi connectivity index (χ1) is 9.61. The molecule has 2 aromatic rings. The molecule has 20 heavy (non-hydrogen) atoms. The van der Waals surface area contributed by atoms with Crippen LogP contribution in [0.15, 0.2) is 36.4 Å². The predicted octanol–water partition coefficient (Wildman–Crippen LogP) is 3.79. The van der Waals surface area contributed by atoms with E-state index in [1.807, 2.05) is 12.1 Å². The molecule has 0 aliphatic heterocycles. The van der Waals surface area contributed by atoms with Crippen LogP contribution >= 0.6 is 12.2 Å². The predicted molar refractivity (Wildman–Crippen MR) is 89.8 cm³/mol. The molecule has 0 spiro atoms. The second-order valence-corrected chi connectivity index (χ2v) is 5.29. The van der Waals surface area contributed by atoms with Gasteiger partial charge in [0.05, 0.1) is 0 Å². The van der Waals surface area contributed by atoms with E-state index in [9.17, 15) is 0 Å². The molecule has 2 N–H and O–H groups in total. The molecule has 0 saturated carbocycles. The minimum Gasteiger partial charge on any atom is -0.362 e. The number of hydrogen-bond donors (Lipinski definition) is 2. The van der Waals surface area contributed by atoms with Crippen LogP contribution in [-0.4, -0.2) is 16.2 Å². The molecule has 1 aromatic carbocycles. The number of anilines is 1. The Bertz CT molecular complexity index is 565. The van der Waals surface area contributed by atoms with Crippen LogP contribution < -0.4 is 10.6 Å². The fourth-order valence-corrected chi connectivity index (χ4v) is 2.40. The van der Waals surface area contributed by atoms with Crippen LogP contribution in [0.4, 0.5) is 5.69 Å². The zero-order valence-corrected chi connectivity index (χ0v) is 13.1. The summed E-state index contributed by atoms with van der Waals surface area (Å²) in [4.78, 5) is 0. The molecule has 0 bridgehead atoms. The molecule has 106 valence electrons. The van der Waals surface area contributed by atoms with Crippen LogP contribution in [0.5, 0.6) is 0 Å². The SMILES string of the molecule is CCCNC(=S)Nc1ccc(-n2c(C)ccc2C)cc1. The zero-order valence-electron chi connectivity index (χ0n) is 12.2. The molecule has 0 aliphatic rings. The van der Waals surface area contributed by atoms with E-state index in [2.05, 4.69) is 60.2 Å². The molecule has 0 radical (unpaired) electrons. The molecule has 0 amide bonds. The highest BCUT2D eigenvalue weighted by atomic mass is 32.1. The summed E-state index contributed by atoms with van der Waals surface area (Å²) < 4.78 is 2.23. The maximum absolute atomic E-state index is 5.23. The number of thiocarbonyl (C=S) groups is 1. The standard InChI is InChI=1S/C16H21N3S/c1-4-11-17-16(20)18-14-7-9-15(10-8-14)19-12(2)5-6-13(19)3/h5-10H,4,11H2,1-3H3,(H2,17,18,20). The molecule has 3 nitrogen and oxygen atoms in total.